The summed E-state index contributed by atoms with van der Waals surface area (Å²) in [5.41, 5.74) is -0.320. The lowest BCUT2D eigenvalue weighted by Gasteiger charge is -2.22. The van der Waals surface area contributed by atoms with Crippen LogP contribution < -0.4 is 20.1 Å². The minimum Gasteiger partial charge on any atom is -0.497 e. The molecular formula is C23H25N3O7. The SMILES string of the molecule is COc1ccc(NC(=O)[C@@H](C)OC(=O)CN2C(=O)N[C@@](C)(c3ccc(OC)cc3)C2=O)cc1. The third-order valence-electron chi connectivity index (χ3n) is 5.26. The molecule has 0 radical (unpaired) electrons. The van der Waals surface area contributed by atoms with Gasteiger partial charge in [0.2, 0.25) is 0 Å². The quantitative estimate of drug-likeness (QED) is 0.461. The van der Waals surface area contributed by atoms with Gasteiger partial charge in [0.05, 0.1) is 14.2 Å². The maximum Gasteiger partial charge on any atom is 0.327 e. The van der Waals surface area contributed by atoms with Crippen molar-refractivity contribution in [2.45, 2.75) is 25.5 Å². The van der Waals surface area contributed by atoms with Gasteiger partial charge in [-0.15, -0.1) is 0 Å². The number of amides is 4. The number of benzene rings is 2. The Bertz CT molecular complexity index is 1050. The molecule has 0 aromatic heterocycles. The summed E-state index contributed by atoms with van der Waals surface area (Å²) in [4.78, 5) is 50.8. The Morgan fingerprint density at radius 1 is 1.00 bits per heavy atom. The summed E-state index contributed by atoms with van der Waals surface area (Å²) in [6, 6.07) is 12.5. The van der Waals surface area contributed by atoms with Crippen LogP contribution >= 0.6 is 0 Å². The van der Waals surface area contributed by atoms with Gasteiger partial charge in [0.15, 0.2) is 6.10 Å². The predicted octanol–water partition coefficient (Wildman–Crippen LogP) is 2.04. The number of carbonyl (C=O) groups is 4. The maximum atomic E-state index is 13.0. The molecule has 0 aliphatic carbocycles. The number of urea groups is 1. The van der Waals surface area contributed by atoms with Gasteiger partial charge < -0.3 is 24.8 Å². The smallest absolute Gasteiger partial charge is 0.327 e. The first-order valence-corrected chi connectivity index (χ1v) is 10.1. The highest BCUT2D eigenvalue weighted by Crippen LogP contribution is 2.30. The van der Waals surface area contributed by atoms with Gasteiger partial charge in [-0.3, -0.25) is 19.3 Å². The van der Waals surface area contributed by atoms with Crippen LogP contribution in [0.4, 0.5) is 10.5 Å². The number of anilines is 1. The van der Waals surface area contributed by atoms with E-state index in [0.29, 0.717) is 22.7 Å². The van der Waals surface area contributed by atoms with Crippen molar-refractivity contribution in [3.8, 4) is 11.5 Å². The zero-order chi connectivity index (χ0) is 24.2. The van der Waals surface area contributed by atoms with Gasteiger partial charge in [-0.1, -0.05) is 12.1 Å². The first-order chi connectivity index (χ1) is 15.7. The van der Waals surface area contributed by atoms with Crippen LogP contribution in [-0.4, -0.2) is 55.6 Å². The van der Waals surface area contributed by atoms with Gasteiger partial charge in [0.25, 0.3) is 11.8 Å². The molecule has 1 aliphatic rings. The van der Waals surface area contributed by atoms with Gasteiger partial charge in [-0.05, 0) is 55.8 Å². The van der Waals surface area contributed by atoms with E-state index in [0.717, 1.165) is 4.90 Å². The Morgan fingerprint density at radius 3 is 2.09 bits per heavy atom. The lowest BCUT2D eigenvalue weighted by Crippen LogP contribution is -2.42. The highest BCUT2D eigenvalue weighted by Gasteiger charge is 2.49. The largest absolute Gasteiger partial charge is 0.497 e. The number of nitrogens with zero attached hydrogens (tertiary/aromatic N) is 1. The third kappa shape index (κ3) is 5.05. The highest BCUT2D eigenvalue weighted by molar-refractivity contribution is 6.09. The number of ether oxygens (including phenoxy) is 3. The molecule has 0 spiro atoms. The summed E-state index contributed by atoms with van der Waals surface area (Å²) in [6.45, 7) is 2.31. The average Bonchev–Trinajstić information content (AvgIpc) is 3.03. The van der Waals surface area contributed by atoms with Gasteiger partial charge in [-0.25, -0.2) is 4.79 Å². The summed E-state index contributed by atoms with van der Waals surface area (Å²) < 4.78 is 15.3. The number of carbonyl (C=O) groups excluding carboxylic acids is 4. The molecule has 2 aromatic carbocycles. The van der Waals surface area contributed by atoms with Crippen molar-refractivity contribution in [1.29, 1.82) is 0 Å². The molecule has 4 amide bonds. The second kappa shape index (κ2) is 9.60. The Balaban J connectivity index is 1.60. The average molecular weight is 455 g/mol. The fraction of sp³-hybridized carbons (Fsp3) is 0.304. The molecular weight excluding hydrogens is 430 g/mol. The van der Waals surface area contributed by atoms with E-state index in [9.17, 15) is 19.2 Å². The molecule has 2 aromatic rings. The van der Waals surface area contributed by atoms with E-state index in [1.807, 2.05) is 0 Å². The summed E-state index contributed by atoms with van der Waals surface area (Å²) in [6.07, 6.45) is -1.15. The first kappa shape index (κ1) is 23.6. The minimum absolute atomic E-state index is 0.494. The Labute approximate surface area is 190 Å². The van der Waals surface area contributed by atoms with Crippen molar-refractivity contribution < 1.29 is 33.4 Å². The van der Waals surface area contributed by atoms with E-state index in [4.69, 9.17) is 14.2 Å². The van der Waals surface area contributed by atoms with Gasteiger partial charge in [0, 0.05) is 5.69 Å². The number of nitrogens with one attached hydrogen (secondary N) is 2. The summed E-state index contributed by atoms with van der Waals surface area (Å²) in [7, 11) is 3.05. The van der Waals surface area contributed by atoms with Crippen molar-refractivity contribution in [2.75, 3.05) is 26.1 Å². The number of hydrogen-bond acceptors (Lipinski definition) is 7. The molecule has 10 nitrogen and oxygen atoms in total. The molecule has 1 heterocycles. The van der Waals surface area contributed by atoms with Crippen molar-refractivity contribution >= 4 is 29.5 Å². The molecule has 33 heavy (non-hydrogen) atoms. The fourth-order valence-corrected chi connectivity index (χ4v) is 3.30. The monoisotopic (exact) mass is 455 g/mol. The molecule has 174 valence electrons. The van der Waals surface area contributed by atoms with Gasteiger partial charge >= 0.3 is 12.0 Å². The molecule has 1 aliphatic heterocycles. The molecule has 0 saturated carbocycles. The molecule has 0 bridgehead atoms. The van der Waals surface area contributed by atoms with Crippen LogP contribution in [0.3, 0.4) is 0 Å². The van der Waals surface area contributed by atoms with Crippen LogP contribution in [-0.2, 0) is 24.7 Å². The Morgan fingerprint density at radius 2 is 1.55 bits per heavy atom. The van der Waals surface area contributed by atoms with Crippen molar-refractivity contribution in [2.24, 2.45) is 0 Å². The first-order valence-electron chi connectivity index (χ1n) is 10.1. The molecule has 2 atom stereocenters. The zero-order valence-corrected chi connectivity index (χ0v) is 18.7. The minimum atomic E-state index is -1.35. The van der Waals surface area contributed by atoms with Crippen molar-refractivity contribution in [3.05, 3.63) is 54.1 Å². The van der Waals surface area contributed by atoms with Crippen LogP contribution in [0.25, 0.3) is 0 Å². The standard InChI is InChI=1S/C23H25N3O7/c1-14(20(28)24-16-7-11-18(32-4)12-8-16)33-19(27)13-26-21(29)23(2,25-22(26)30)15-5-9-17(31-3)10-6-15/h5-12,14H,13H2,1-4H3,(H,24,28)(H,25,30)/t14-,23+/m1/s1. The summed E-state index contributed by atoms with van der Waals surface area (Å²) in [5.74, 6) is -0.835. The Hall–Kier alpha value is -4.08. The van der Waals surface area contributed by atoms with Crippen LogP contribution in [0.2, 0.25) is 0 Å². The van der Waals surface area contributed by atoms with E-state index >= 15 is 0 Å². The number of methoxy groups -OCH3 is 2. The van der Waals surface area contributed by atoms with E-state index in [2.05, 4.69) is 10.6 Å². The van der Waals surface area contributed by atoms with Crippen LogP contribution in [0.5, 0.6) is 11.5 Å². The van der Waals surface area contributed by atoms with Crippen molar-refractivity contribution in [1.82, 2.24) is 10.2 Å². The lowest BCUT2D eigenvalue weighted by molar-refractivity contribution is -0.155. The third-order valence-corrected chi connectivity index (χ3v) is 5.26. The van der Waals surface area contributed by atoms with Crippen LogP contribution in [0.1, 0.15) is 19.4 Å². The molecule has 1 saturated heterocycles. The number of hydrogen-bond donors (Lipinski definition) is 2. The molecule has 10 heteroatoms. The lowest BCUT2D eigenvalue weighted by atomic mass is 9.92. The maximum absolute atomic E-state index is 13.0. The highest BCUT2D eigenvalue weighted by atomic mass is 16.5. The van der Waals surface area contributed by atoms with Crippen LogP contribution in [0.15, 0.2) is 48.5 Å². The summed E-state index contributed by atoms with van der Waals surface area (Å²) in [5, 5.41) is 5.22. The molecule has 1 fully saturated rings. The number of rotatable bonds is 8. The topological polar surface area (TPSA) is 123 Å². The normalized spacial score (nSPS) is 18.4. The van der Waals surface area contributed by atoms with E-state index < -0.39 is 42.0 Å². The fourth-order valence-electron chi connectivity index (χ4n) is 3.30. The summed E-state index contributed by atoms with van der Waals surface area (Å²) >= 11 is 0. The van der Waals surface area contributed by atoms with E-state index in [1.165, 1.54) is 21.1 Å². The zero-order valence-electron chi connectivity index (χ0n) is 18.7. The molecule has 2 N–H and O–H groups in total. The second-order valence-electron chi connectivity index (χ2n) is 7.52. The molecule has 0 unspecified atom stereocenters. The van der Waals surface area contributed by atoms with Crippen LogP contribution in [0, 0.1) is 0 Å². The van der Waals surface area contributed by atoms with E-state index in [-0.39, 0.29) is 0 Å². The number of imide groups is 1. The Kier molecular flexibility index (Phi) is 6.86. The number of esters is 1. The molecule has 3 rings (SSSR count). The predicted molar refractivity (Wildman–Crippen MR) is 118 cm³/mol. The second-order valence-corrected chi connectivity index (χ2v) is 7.52. The van der Waals surface area contributed by atoms with Gasteiger partial charge in [-0.2, -0.15) is 0 Å². The van der Waals surface area contributed by atoms with Crippen molar-refractivity contribution in [3.63, 3.8) is 0 Å². The van der Waals surface area contributed by atoms with E-state index in [1.54, 1.807) is 55.5 Å². The van der Waals surface area contributed by atoms with Gasteiger partial charge in [0.1, 0.15) is 23.6 Å².